The van der Waals surface area contributed by atoms with Crippen molar-refractivity contribution in [3.63, 3.8) is 0 Å². The van der Waals surface area contributed by atoms with Crippen LogP contribution in [0.3, 0.4) is 0 Å². The molecule has 0 unspecified atom stereocenters. The van der Waals surface area contributed by atoms with E-state index in [1.165, 1.54) is 4.90 Å². The Hall–Kier alpha value is -3.10. The van der Waals surface area contributed by atoms with Gasteiger partial charge in [-0.1, -0.05) is 35.9 Å². The molecule has 3 aliphatic rings. The number of nitriles is 1. The first-order valence-electron chi connectivity index (χ1n) is 8.69. The van der Waals surface area contributed by atoms with Crippen molar-refractivity contribution in [1.82, 2.24) is 4.90 Å². The van der Waals surface area contributed by atoms with E-state index in [4.69, 9.17) is 11.6 Å². The number of rotatable bonds is 1. The number of amides is 2. The van der Waals surface area contributed by atoms with E-state index in [1.54, 1.807) is 24.3 Å². The first kappa shape index (κ1) is 16.1. The van der Waals surface area contributed by atoms with Gasteiger partial charge in [-0.05, 0) is 41.5 Å². The number of anilines is 1. The molecule has 6 heteroatoms. The maximum absolute atomic E-state index is 13.3. The molecular weight excluding hydrogens is 362 g/mol. The van der Waals surface area contributed by atoms with Gasteiger partial charge in [0.2, 0.25) is 11.8 Å². The lowest BCUT2D eigenvalue weighted by molar-refractivity contribution is -0.123. The van der Waals surface area contributed by atoms with Crippen molar-refractivity contribution >= 4 is 35.2 Å². The highest BCUT2D eigenvalue weighted by Gasteiger charge is 2.63. The second-order valence-corrected chi connectivity index (χ2v) is 7.39. The Morgan fingerprint density at radius 1 is 0.963 bits per heavy atom. The minimum atomic E-state index is -0.681. The van der Waals surface area contributed by atoms with Gasteiger partial charge in [-0.3, -0.25) is 9.59 Å². The molecule has 2 fully saturated rings. The standard InChI is InChI=1S/C21H14ClN3O2/c22-13-5-7-14(8-6-13)25-20(26)17-16(11-23)24-10-9-12-3-1-2-4-15(12)19(24)18(17)21(25)27/h1-10,16-19H/t16-,17-,18-,19-/m0/s1. The summed E-state index contributed by atoms with van der Waals surface area (Å²) in [6.07, 6.45) is 3.77. The molecule has 4 atom stereocenters. The quantitative estimate of drug-likeness (QED) is 0.717. The molecule has 3 aliphatic heterocycles. The molecule has 0 N–H and O–H groups in total. The Morgan fingerprint density at radius 3 is 2.41 bits per heavy atom. The smallest absolute Gasteiger partial charge is 0.240 e. The summed E-state index contributed by atoms with van der Waals surface area (Å²) < 4.78 is 0. The zero-order valence-corrected chi connectivity index (χ0v) is 14.9. The molecule has 0 aliphatic carbocycles. The fraction of sp³-hybridized carbons (Fsp3) is 0.190. The van der Waals surface area contributed by atoms with E-state index in [2.05, 4.69) is 6.07 Å². The topological polar surface area (TPSA) is 64.4 Å². The molecule has 0 radical (unpaired) electrons. The average Bonchev–Trinajstić information content (AvgIpc) is 3.15. The number of hydrogen-bond acceptors (Lipinski definition) is 4. The lowest BCUT2D eigenvalue weighted by Gasteiger charge is -2.33. The number of halogens is 1. The van der Waals surface area contributed by atoms with Crippen molar-refractivity contribution < 1.29 is 9.59 Å². The van der Waals surface area contributed by atoms with E-state index in [0.29, 0.717) is 10.7 Å². The van der Waals surface area contributed by atoms with Gasteiger partial charge in [0.15, 0.2) is 0 Å². The zero-order chi connectivity index (χ0) is 18.7. The van der Waals surface area contributed by atoms with Crippen LogP contribution in [0.1, 0.15) is 17.2 Å². The fourth-order valence-corrected chi connectivity index (χ4v) is 4.68. The minimum Gasteiger partial charge on any atom is -0.353 e. The SMILES string of the molecule is N#C[C@H]1[C@@H]2C(=O)N(c3ccc(Cl)cc3)C(=O)[C@@H]2[C@@H]2c3ccccc3C=CN12. The van der Waals surface area contributed by atoms with E-state index in [1.807, 2.05) is 41.4 Å². The highest BCUT2D eigenvalue weighted by Crippen LogP contribution is 2.52. The van der Waals surface area contributed by atoms with Crippen LogP contribution in [-0.4, -0.2) is 22.8 Å². The third-order valence-electron chi connectivity index (χ3n) is 5.68. The molecule has 27 heavy (non-hydrogen) atoms. The summed E-state index contributed by atoms with van der Waals surface area (Å²) in [7, 11) is 0. The van der Waals surface area contributed by atoms with Gasteiger partial charge in [-0.2, -0.15) is 5.26 Å². The number of benzene rings is 2. The number of hydrogen-bond donors (Lipinski definition) is 0. The van der Waals surface area contributed by atoms with Crippen molar-refractivity contribution in [2.45, 2.75) is 12.1 Å². The molecule has 0 saturated carbocycles. The van der Waals surface area contributed by atoms with Gasteiger partial charge in [-0.25, -0.2) is 4.90 Å². The van der Waals surface area contributed by atoms with Gasteiger partial charge in [-0.15, -0.1) is 0 Å². The van der Waals surface area contributed by atoms with Gasteiger partial charge in [0.1, 0.15) is 6.04 Å². The van der Waals surface area contributed by atoms with Crippen LogP contribution in [0.4, 0.5) is 5.69 Å². The Bertz CT molecular complexity index is 1040. The van der Waals surface area contributed by atoms with Crippen LogP contribution in [-0.2, 0) is 9.59 Å². The second-order valence-electron chi connectivity index (χ2n) is 6.95. The molecule has 2 amide bonds. The highest BCUT2D eigenvalue weighted by molar-refractivity contribution is 6.31. The van der Waals surface area contributed by atoms with Crippen LogP contribution in [0.2, 0.25) is 5.02 Å². The average molecular weight is 376 g/mol. The molecule has 5 rings (SSSR count). The maximum Gasteiger partial charge on any atom is 0.240 e. The minimum absolute atomic E-state index is 0.259. The van der Waals surface area contributed by atoms with E-state index >= 15 is 0 Å². The van der Waals surface area contributed by atoms with Crippen LogP contribution in [0.5, 0.6) is 0 Å². The molecule has 2 saturated heterocycles. The van der Waals surface area contributed by atoms with E-state index in [0.717, 1.165) is 11.1 Å². The molecule has 0 spiro atoms. The molecule has 2 aromatic rings. The molecule has 5 nitrogen and oxygen atoms in total. The monoisotopic (exact) mass is 375 g/mol. The van der Waals surface area contributed by atoms with E-state index in [9.17, 15) is 14.9 Å². The lowest BCUT2D eigenvalue weighted by atomic mass is 9.85. The summed E-state index contributed by atoms with van der Waals surface area (Å²) in [6, 6.07) is 15.7. The summed E-state index contributed by atoms with van der Waals surface area (Å²) >= 11 is 5.93. The highest BCUT2D eigenvalue weighted by atomic mass is 35.5. The third kappa shape index (κ3) is 2.11. The fourth-order valence-electron chi connectivity index (χ4n) is 4.55. The summed E-state index contributed by atoms with van der Waals surface area (Å²) in [5.41, 5.74) is 2.49. The van der Waals surface area contributed by atoms with Crippen LogP contribution in [0, 0.1) is 23.2 Å². The molecule has 132 valence electrons. The number of carbonyl (C=O) groups excluding carboxylic acids is 2. The number of nitrogens with zero attached hydrogens (tertiary/aromatic N) is 3. The van der Waals surface area contributed by atoms with Crippen LogP contribution in [0.25, 0.3) is 6.08 Å². The van der Waals surface area contributed by atoms with Gasteiger partial charge in [0.05, 0.1) is 29.6 Å². The normalized spacial score (nSPS) is 28.0. The number of fused-ring (bicyclic) bond motifs is 5. The Kier molecular flexibility index (Phi) is 3.40. The maximum atomic E-state index is 13.3. The Balaban J connectivity index is 1.63. The van der Waals surface area contributed by atoms with Gasteiger partial charge in [0, 0.05) is 11.2 Å². The molecule has 3 heterocycles. The van der Waals surface area contributed by atoms with Gasteiger partial charge < -0.3 is 4.90 Å². The first-order chi connectivity index (χ1) is 13.1. The predicted molar refractivity (Wildman–Crippen MR) is 100 cm³/mol. The van der Waals surface area contributed by atoms with Crippen LogP contribution in [0.15, 0.2) is 54.7 Å². The summed E-state index contributed by atoms with van der Waals surface area (Å²) in [6.45, 7) is 0. The Labute approximate surface area is 161 Å². The largest absolute Gasteiger partial charge is 0.353 e. The predicted octanol–water partition coefficient (Wildman–Crippen LogP) is 3.38. The van der Waals surface area contributed by atoms with Crippen molar-refractivity contribution in [1.29, 1.82) is 5.26 Å². The summed E-state index contributed by atoms with van der Waals surface area (Å²) in [4.78, 5) is 29.6. The van der Waals surface area contributed by atoms with Gasteiger partial charge in [0.25, 0.3) is 0 Å². The lowest BCUT2D eigenvalue weighted by Crippen LogP contribution is -2.40. The van der Waals surface area contributed by atoms with Crippen molar-refractivity contribution in [3.05, 3.63) is 70.9 Å². The van der Waals surface area contributed by atoms with E-state index in [-0.39, 0.29) is 17.9 Å². The summed E-state index contributed by atoms with van der Waals surface area (Å²) in [5, 5.41) is 10.3. The molecule has 2 aromatic carbocycles. The van der Waals surface area contributed by atoms with E-state index < -0.39 is 17.9 Å². The van der Waals surface area contributed by atoms with Crippen molar-refractivity contribution in [3.8, 4) is 6.07 Å². The summed E-state index contributed by atoms with van der Waals surface area (Å²) in [5.74, 6) is -1.84. The third-order valence-corrected chi connectivity index (χ3v) is 5.93. The second kappa shape index (κ2) is 5.70. The molecular formula is C21H14ClN3O2. The number of carbonyl (C=O) groups is 2. The van der Waals surface area contributed by atoms with Crippen LogP contribution < -0.4 is 4.90 Å². The zero-order valence-electron chi connectivity index (χ0n) is 14.1. The Morgan fingerprint density at radius 2 is 1.67 bits per heavy atom. The van der Waals surface area contributed by atoms with Gasteiger partial charge >= 0.3 is 0 Å². The molecule has 0 aromatic heterocycles. The van der Waals surface area contributed by atoms with Crippen molar-refractivity contribution in [2.75, 3.05) is 4.90 Å². The molecule has 0 bridgehead atoms. The van der Waals surface area contributed by atoms with Crippen LogP contribution >= 0.6 is 11.6 Å². The van der Waals surface area contributed by atoms with Crippen molar-refractivity contribution in [2.24, 2.45) is 11.8 Å². The number of imide groups is 1. The first-order valence-corrected chi connectivity index (χ1v) is 9.07.